The zero-order valence-corrected chi connectivity index (χ0v) is 17.6. The van der Waals surface area contributed by atoms with Gasteiger partial charge in [0.05, 0.1) is 18.0 Å². The number of benzene rings is 2. The number of nitrogens with zero attached hydrogens (tertiary/aromatic N) is 2. The van der Waals surface area contributed by atoms with E-state index in [-0.39, 0.29) is 11.9 Å². The van der Waals surface area contributed by atoms with Gasteiger partial charge in [0.15, 0.2) is 0 Å². The Bertz CT molecular complexity index is 1210. The number of carbonyl (C=O) groups is 1. The number of anilines is 1. The molecule has 1 N–H and O–H groups in total. The monoisotopic (exact) mass is 443 g/mol. The van der Waals surface area contributed by atoms with E-state index in [0.29, 0.717) is 23.4 Å². The van der Waals surface area contributed by atoms with E-state index in [9.17, 15) is 17.6 Å². The van der Waals surface area contributed by atoms with E-state index in [2.05, 4.69) is 9.82 Å². The number of rotatable bonds is 5. The molecule has 0 saturated carbocycles. The highest BCUT2D eigenvalue weighted by molar-refractivity contribution is 7.92. The van der Waals surface area contributed by atoms with E-state index in [1.54, 1.807) is 18.2 Å². The number of sulfonamides is 1. The molecule has 0 fully saturated rings. The lowest BCUT2D eigenvalue weighted by atomic mass is 10.00. The van der Waals surface area contributed by atoms with Crippen molar-refractivity contribution in [2.75, 3.05) is 11.0 Å². The Kier molecular flexibility index (Phi) is 5.40. The van der Waals surface area contributed by atoms with Crippen molar-refractivity contribution in [3.05, 3.63) is 87.9 Å². The van der Waals surface area contributed by atoms with Crippen LogP contribution in [0, 0.1) is 5.82 Å². The first kappa shape index (κ1) is 20.2. The molecular formula is C21H18FN3O3S2. The summed E-state index contributed by atoms with van der Waals surface area (Å²) in [6, 6.07) is 13.9. The summed E-state index contributed by atoms with van der Waals surface area (Å²) in [5.74, 6) is -0.742. The summed E-state index contributed by atoms with van der Waals surface area (Å²) in [7, 11) is -3.41. The van der Waals surface area contributed by atoms with Crippen LogP contribution in [0.25, 0.3) is 0 Å². The highest BCUT2D eigenvalue weighted by atomic mass is 32.2. The number of hydrogen-bond donors (Lipinski definition) is 1. The van der Waals surface area contributed by atoms with Crippen LogP contribution in [0.4, 0.5) is 10.1 Å². The number of amides is 1. The SMILES string of the molecule is CS(=O)(=O)Nc1cccc(C2=NN(C(=O)c3ccc(F)cc3)C(c3ccsc3)C2)c1. The van der Waals surface area contributed by atoms with Gasteiger partial charge in [-0.25, -0.2) is 17.8 Å². The van der Waals surface area contributed by atoms with Gasteiger partial charge in [0, 0.05) is 17.7 Å². The molecule has 6 nitrogen and oxygen atoms in total. The van der Waals surface area contributed by atoms with Crippen LogP contribution in [-0.2, 0) is 10.0 Å². The largest absolute Gasteiger partial charge is 0.284 e. The fourth-order valence-corrected chi connectivity index (χ4v) is 4.56. The van der Waals surface area contributed by atoms with Crippen molar-refractivity contribution in [1.29, 1.82) is 0 Å². The third kappa shape index (κ3) is 4.42. The van der Waals surface area contributed by atoms with E-state index in [1.165, 1.54) is 40.6 Å². The average molecular weight is 444 g/mol. The van der Waals surface area contributed by atoms with E-state index >= 15 is 0 Å². The molecule has 3 aromatic rings. The smallest absolute Gasteiger partial charge is 0.274 e. The van der Waals surface area contributed by atoms with Crippen LogP contribution in [0.3, 0.4) is 0 Å². The minimum atomic E-state index is -3.41. The van der Waals surface area contributed by atoms with E-state index in [0.717, 1.165) is 17.4 Å². The summed E-state index contributed by atoms with van der Waals surface area (Å²) in [6.45, 7) is 0. The van der Waals surface area contributed by atoms with Crippen molar-refractivity contribution >= 4 is 38.7 Å². The van der Waals surface area contributed by atoms with Crippen LogP contribution in [0.1, 0.15) is 33.9 Å². The maximum atomic E-state index is 13.3. The van der Waals surface area contributed by atoms with Crippen LogP contribution >= 0.6 is 11.3 Å². The van der Waals surface area contributed by atoms with Gasteiger partial charge < -0.3 is 0 Å². The molecule has 1 aromatic heterocycles. The number of hydrogen-bond acceptors (Lipinski definition) is 5. The molecular weight excluding hydrogens is 425 g/mol. The molecule has 1 unspecified atom stereocenters. The standard InChI is InChI=1S/C21H18FN3O3S2/c1-30(27,28)24-18-4-2-3-15(11-18)19-12-20(16-9-10-29-13-16)25(23-19)21(26)14-5-7-17(22)8-6-14/h2-11,13,20,24H,12H2,1H3. The zero-order chi connectivity index (χ0) is 21.3. The van der Waals surface area contributed by atoms with Crippen molar-refractivity contribution in [2.24, 2.45) is 5.10 Å². The Morgan fingerprint density at radius 1 is 1.20 bits per heavy atom. The second kappa shape index (κ2) is 8.00. The van der Waals surface area contributed by atoms with Gasteiger partial charge in [-0.2, -0.15) is 16.4 Å². The maximum absolute atomic E-state index is 13.3. The molecule has 9 heteroatoms. The molecule has 1 aliphatic heterocycles. The number of halogens is 1. The molecule has 0 saturated heterocycles. The minimum Gasteiger partial charge on any atom is -0.284 e. The van der Waals surface area contributed by atoms with Gasteiger partial charge in [-0.1, -0.05) is 12.1 Å². The van der Waals surface area contributed by atoms with Gasteiger partial charge >= 0.3 is 0 Å². The first-order valence-electron chi connectivity index (χ1n) is 9.07. The van der Waals surface area contributed by atoms with E-state index in [4.69, 9.17) is 0 Å². The molecule has 1 aliphatic rings. The summed E-state index contributed by atoms with van der Waals surface area (Å²) < 4.78 is 38.8. The van der Waals surface area contributed by atoms with Crippen molar-refractivity contribution in [2.45, 2.75) is 12.5 Å². The summed E-state index contributed by atoms with van der Waals surface area (Å²) in [5.41, 5.74) is 3.11. The van der Waals surface area contributed by atoms with Gasteiger partial charge in [0.1, 0.15) is 5.82 Å². The molecule has 0 bridgehead atoms. The van der Waals surface area contributed by atoms with E-state index < -0.39 is 15.8 Å². The van der Waals surface area contributed by atoms with Crippen molar-refractivity contribution < 1.29 is 17.6 Å². The fraction of sp³-hybridized carbons (Fsp3) is 0.143. The molecule has 0 aliphatic carbocycles. The van der Waals surface area contributed by atoms with Crippen LogP contribution < -0.4 is 4.72 Å². The van der Waals surface area contributed by atoms with Crippen LogP contribution in [-0.4, -0.2) is 31.3 Å². The quantitative estimate of drug-likeness (QED) is 0.640. The lowest BCUT2D eigenvalue weighted by molar-refractivity contribution is 0.0711. The number of hydrazone groups is 1. The van der Waals surface area contributed by atoms with Gasteiger partial charge in [-0.05, 0) is 64.4 Å². The summed E-state index contributed by atoms with van der Waals surface area (Å²) >= 11 is 1.53. The lowest BCUT2D eigenvalue weighted by Crippen LogP contribution is -2.26. The predicted molar refractivity (Wildman–Crippen MR) is 116 cm³/mol. The van der Waals surface area contributed by atoms with Gasteiger partial charge in [0.25, 0.3) is 5.91 Å². The molecule has 0 spiro atoms. The number of thiophene rings is 1. The summed E-state index contributed by atoms with van der Waals surface area (Å²) in [5, 5.41) is 9.89. The zero-order valence-electron chi connectivity index (χ0n) is 15.9. The molecule has 0 radical (unpaired) electrons. The van der Waals surface area contributed by atoms with Gasteiger partial charge in [-0.15, -0.1) is 0 Å². The van der Waals surface area contributed by atoms with Crippen molar-refractivity contribution in [3.63, 3.8) is 0 Å². The Hall–Kier alpha value is -3.04. The van der Waals surface area contributed by atoms with Crippen LogP contribution in [0.2, 0.25) is 0 Å². The third-order valence-corrected chi connectivity index (χ3v) is 5.94. The molecule has 1 atom stereocenters. The number of nitrogens with one attached hydrogen (secondary N) is 1. The Balaban J connectivity index is 1.69. The first-order valence-corrected chi connectivity index (χ1v) is 11.9. The second-order valence-corrected chi connectivity index (χ2v) is 9.46. The third-order valence-electron chi connectivity index (χ3n) is 4.64. The molecule has 30 heavy (non-hydrogen) atoms. The first-order chi connectivity index (χ1) is 14.3. The fourth-order valence-electron chi connectivity index (χ4n) is 3.30. The highest BCUT2D eigenvalue weighted by Crippen LogP contribution is 2.35. The van der Waals surface area contributed by atoms with Crippen LogP contribution in [0.15, 0.2) is 70.5 Å². The van der Waals surface area contributed by atoms with Gasteiger partial charge in [-0.3, -0.25) is 9.52 Å². The molecule has 2 heterocycles. The predicted octanol–water partition coefficient (Wildman–Crippen LogP) is 4.25. The van der Waals surface area contributed by atoms with Crippen molar-refractivity contribution in [3.8, 4) is 0 Å². The topological polar surface area (TPSA) is 78.8 Å². The normalized spacial score (nSPS) is 16.4. The Labute approximate surface area is 177 Å². The summed E-state index contributed by atoms with van der Waals surface area (Å²) in [6.07, 6.45) is 1.56. The van der Waals surface area contributed by atoms with Crippen LogP contribution in [0.5, 0.6) is 0 Å². The Morgan fingerprint density at radius 3 is 2.63 bits per heavy atom. The number of carbonyl (C=O) groups excluding carboxylic acids is 1. The molecule has 4 rings (SSSR count). The lowest BCUT2D eigenvalue weighted by Gasteiger charge is -2.21. The average Bonchev–Trinajstić information content (AvgIpc) is 3.37. The van der Waals surface area contributed by atoms with E-state index in [1.807, 2.05) is 22.9 Å². The maximum Gasteiger partial charge on any atom is 0.274 e. The Morgan fingerprint density at radius 2 is 1.97 bits per heavy atom. The van der Waals surface area contributed by atoms with Crippen molar-refractivity contribution in [1.82, 2.24) is 5.01 Å². The molecule has 154 valence electrons. The minimum absolute atomic E-state index is 0.296. The molecule has 2 aromatic carbocycles. The summed E-state index contributed by atoms with van der Waals surface area (Å²) in [4.78, 5) is 13.1. The molecule has 1 amide bonds. The second-order valence-electron chi connectivity index (χ2n) is 6.93. The highest BCUT2D eigenvalue weighted by Gasteiger charge is 2.34. The van der Waals surface area contributed by atoms with Gasteiger partial charge in [0.2, 0.25) is 10.0 Å².